The van der Waals surface area contributed by atoms with Gasteiger partial charge in [-0.2, -0.15) is 0 Å². The minimum absolute atomic E-state index is 0.0791. The van der Waals surface area contributed by atoms with Gasteiger partial charge in [-0.05, 0) is 24.5 Å². The largest absolute Gasteiger partial charge is 0.480 e. The molecule has 0 radical (unpaired) electrons. The third-order valence-corrected chi connectivity index (χ3v) is 2.07. The van der Waals surface area contributed by atoms with Crippen LogP contribution in [0.15, 0.2) is 18.2 Å². The Hall–Kier alpha value is -1.49. The summed E-state index contributed by atoms with van der Waals surface area (Å²) >= 11 is 0. The molecule has 0 amide bonds. The van der Waals surface area contributed by atoms with Crippen molar-refractivity contribution in [2.24, 2.45) is 5.73 Å². The van der Waals surface area contributed by atoms with Gasteiger partial charge in [-0.3, -0.25) is 4.79 Å². The lowest BCUT2D eigenvalue weighted by molar-refractivity contribution is -0.138. The molecule has 1 aromatic rings. The van der Waals surface area contributed by atoms with Gasteiger partial charge in [-0.25, -0.2) is 8.78 Å². The standard InChI is InChI=1S/C10H11F2NO2/c11-7-3-1-2-6(9(7)12)4-5-8(13)10(14)15/h1-3,8H,4-5,13H2,(H,14,15). The molecule has 0 bridgehead atoms. The van der Waals surface area contributed by atoms with Crippen molar-refractivity contribution in [2.75, 3.05) is 0 Å². The van der Waals surface area contributed by atoms with E-state index in [2.05, 4.69) is 0 Å². The number of aliphatic carboxylic acids is 1. The summed E-state index contributed by atoms with van der Waals surface area (Å²) in [5.41, 5.74) is 5.38. The third kappa shape index (κ3) is 2.99. The Labute approximate surface area is 85.5 Å². The lowest BCUT2D eigenvalue weighted by atomic mass is 10.1. The highest BCUT2D eigenvalue weighted by molar-refractivity contribution is 5.73. The van der Waals surface area contributed by atoms with Crippen LogP contribution in [0.4, 0.5) is 8.78 Å². The molecule has 0 aliphatic carbocycles. The number of hydrogen-bond donors (Lipinski definition) is 2. The summed E-state index contributed by atoms with van der Waals surface area (Å²) in [7, 11) is 0. The Balaban J connectivity index is 2.66. The zero-order valence-electron chi connectivity index (χ0n) is 7.91. The van der Waals surface area contributed by atoms with Gasteiger partial charge in [0.05, 0.1) is 0 Å². The third-order valence-electron chi connectivity index (χ3n) is 2.07. The first-order chi connectivity index (χ1) is 7.02. The fraction of sp³-hybridized carbons (Fsp3) is 0.300. The average Bonchev–Trinajstić information content (AvgIpc) is 2.19. The van der Waals surface area contributed by atoms with Crippen LogP contribution < -0.4 is 5.73 Å². The quantitative estimate of drug-likeness (QED) is 0.795. The summed E-state index contributed by atoms with van der Waals surface area (Å²) in [4.78, 5) is 10.4. The van der Waals surface area contributed by atoms with Crippen molar-refractivity contribution in [3.63, 3.8) is 0 Å². The minimum atomic E-state index is -1.15. The smallest absolute Gasteiger partial charge is 0.320 e. The van der Waals surface area contributed by atoms with E-state index in [0.717, 1.165) is 6.07 Å². The molecule has 15 heavy (non-hydrogen) atoms. The summed E-state index contributed by atoms with van der Waals surface area (Å²) in [5, 5.41) is 8.49. The molecule has 1 atom stereocenters. The van der Waals surface area contributed by atoms with Gasteiger partial charge in [-0.1, -0.05) is 12.1 Å². The van der Waals surface area contributed by atoms with Gasteiger partial charge in [0.25, 0.3) is 0 Å². The number of benzene rings is 1. The maximum Gasteiger partial charge on any atom is 0.320 e. The Morgan fingerprint density at radius 1 is 1.47 bits per heavy atom. The van der Waals surface area contributed by atoms with Gasteiger partial charge in [0.15, 0.2) is 11.6 Å². The number of nitrogens with two attached hydrogens (primary N) is 1. The summed E-state index contributed by atoms with van der Waals surface area (Å²) in [6.45, 7) is 0. The number of rotatable bonds is 4. The summed E-state index contributed by atoms with van der Waals surface area (Å²) in [5.74, 6) is -3.02. The average molecular weight is 215 g/mol. The SMILES string of the molecule is NC(CCc1cccc(F)c1F)C(=O)O. The number of halogens is 2. The van der Waals surface area contributed by atoms with E-state index < -0.39 is 23.6 Å². The van der Waals surface area contributed by atoms with Crippen LogP contribution in [-0.2, 0) is 11.2 Å². The number of carboxylic acids is 1. The molecule has 0 aliphatic heterocycles. The van der Waals surface area contributed by atoms with Crippen molar-refractivity contribution in [3.05, 3.63) is 35.4 Å². The molecule has 0 fully saturated rings. The Morgan fingerprint density at radius 3 is 2.73 bits per heavy atom. The highest BCUT2D eigenvalue weighted by Gasteiger charge is 2.13. The second-order valence-corrected chi connectivity index (χ2v) is 3.20. The molecule has 3 nitrogen and oxygen atoms in total. The van der Waals surface area contributed by atoms with E-state index in [1.165, 1.54) is 12.1 Å². The Kier molecular flexibility index (Phi) is 3.74. The van der Waals surface area contributed by atoms with Crippen LogP contribution in [0.3, 0.4) is 0 Å². The molecule has 3 N–H and O–H groups in total. The van der Waals surface area contributed by atoms with Gasteiger partial charge < -0.3 is 10.8 Å². The molecule has 1 aromatic carbocycles. The highest BCUT2D eigenvalue weighted by Crippen LogP contribution is 2.13. The van der Waals surface area contributed by atoms with Crippen LogP contribution in [0, 0.1) is 11.6 Å². The van der Waals surface area contributed by atoms with Crippen molar-refractivity contribution < 1.29 is 18.7 Å². The molecule has 0 spiro atoms. The number of carboxylic acid groups (broad SMARTS) is 1. The topological polar surface area (TPSA) is 63.3 Å². The van der Waals surface area contributed by atoms with Crippen molar-refractivity contribution in [1.29, 1.82) is 0 Å². The zero-order chi connectivity index (χ0) is 11.4. The van der Waals surface area contributed by atoms with Crippen LogP contribution in [0.1, 0.15) is 12.0 Å². The predicted octanol–water partition coefficient (Wildman–Crippen LogP) is 1.31. The number of hydrogen-bond acceptors (Lipinski definition) is 2. The maximum atomic E-state index is 13.1. The van der Waals surface area contributed by atoms with Crippen LogP contribution in [-0.4, -0.2) is 17.1 Å². The van der Waals surface area contributed by atoms with E-state index in [1.54, 1.807) is 0 Å². The predicted molar refractivity (Wildman–Crippen MR) is 50.3 cm³/mol. The van der Waals surface area contributed by atoms with Gasteiger partial charge in [-0.15, -0.1) is 0 Å². The van der Waals surface area contributed by atoms with E-state index in [4.69, 9.17) is 10.8 Å². The maximum absolute atomic E-state index is 13.1. The van der Waals surface area contributed by atoms with Crippen molar-refractivity contribution in [1.82, 2.24) is 0 Å². The first-order valence-corrected chi connectivity index (χ1v) is 4.43. The second kappa shape index (κ2) is 4.84. The Morgan fingerprint density at radius 2 is 2.13 bits per heavy atom. The molecule has 0 saturated heterocycles. The molecule has 0 aliphatic rings. The van der Waals surface area contributed by atoms with Crippen LogP contribution >= 0.6 is 0 Å². The van der Waals surface area contributed by atoms with E-state index >= 15 is 0 Å². The summed E-state index contributed by atoms with van der Waals surface area (Å²) in [6, 6.07) is 2.75. The first kappa shape index (κ1) is 11.6. The van der Waals surface area contributed by atoms with Crippen LogP contribution in [0.2, 0.25) is 0 Å². The molecule has 0 heterocycles. The van der Waals surface area contributed by atoms with Crippen molar-refractivity contribution in [2.45, 2.75) is 18.9 Å². The molecule has 1 unspecified atom stereocenters. The number of carbonyl (C=O) groups is 1. The van der Waals surface area contributed by atoms with Gasteiger partial charge >= 0.3 is 5.97 Å². The van der Waals surface area contributed by atoms with Crippen LogP contribution in [0.25, 0.3) is 0 Å². The summed E-state index contributed by atoms with van der Waals surface area (Å²) in [6.07, 6.45) is 0.187. The zero-order valence-corrected chi connectivity index (χ0v) is 7.91. The molecule has 0 saturated carbocycles. The molecule has 82 valence electrons. The molecular formula is C10H11F2NO2. The molecule has 1 rings (SSSR count). The normalized spacial score (nSPS) is 12.5. The molecule has 5 heteroatoms. The van der Waals surface area contributed by atoms with Gasteiger partial charge in [0.1, 0.15) is 6.04 Å². The second-order valence-electron chi connectivity index (χ2n) is 3.20. The lowest BCUT2D eigenvalue weighted by Crippen LogP contribution is -2.30. The fourth-order valence-corrected chi connectivity index (χ4v) is 1.18. The first-order valence-electron chi connectivity index (χ1n) is 4.43. The number of aryl methyl sites for hydroxylation is 1. The van der Waals surface area contributed by atoms with Crippen molar-refractivity contribution in [3.8, 4) is 0 Å². The molecular weight excluding hydrogens is 204 g/mol. The van der Waals surface area contributed by atoms with E-state index in [9.17, 15) is 13.6 Å². The van der Waals surface area contributed by atoms with E-state index in [0.29, 0.717) is 0 Å². The molecule has 0 aromatic heterocycles. The lowest BCUT2D eigenvalue weighted by Gasteiger charge is -2.07. The van der Waals surface area contributed by atoms with Gasteiger partial charge in [0, 0.05) is 0 Å². The van der Waals surface area contributed by atoms with Crippen LogP contribution in [0.5, 0.6) is 0 Å². The van der Waals surface area contributed by atoms with E-state index in [1.807, 2.05) is 0 Å². The fourth-order valence-electron chi connectivity index (χ4n) is 1.18. The van der Waals surface area contributed by atoms with Crippen molar-refractivity contribution >= 4 is 5.97 Å². The Bertz CT molecular complexity index is 368. The summed E-state index contributed by atoms with van der Waals surface area (Å²) < 4.78 is 25.8. The van der Waals surface area contributed by atoms with Gasteiger partial charge in [0.2, 0.25) is 0 Å². The monoisotopic (exact) mass is 215 g/mol. The highest BCUT2D eigenvalue weighted by atomic mass is 19.2. The van der Waals surface area contributed by atoms with E-state index in [-0.39, 0.29) is 18.4 Å². The minimum Gasteiger partial charge on any atom is -0.480 e.